The standard InChI is InChI=1S/C9H16BrN3O/c1-6-8(10)7(2)13(12-6)4-9(3,11)5-14/h14H,4-5,11H2,1-3H3. The highest BCUT2D eigenvalue weighted by Crippen LogP contribution is 2.20. The number of halogens is 1. The van der Waals surface area contributed by atoms with Crippen LogP contribution in [0.1, 0.15) is 18.3 Å². The smallest absolute Gasteiger partial charge is 0.0738 e. The van der Waals surface area contributed by atoms with Crippen LogP contribution in [0.25, 0.3) is 0 Å². The van der Waals surface area contributed by atoms with Gasteiger partial charge in [0.25, 0.3) is 0 Å². The van der Waals surface area contributed by atoms with E-state index in [4.69, 9.17) is 10.8 Å². The minimum atomic E-state index is -0.622. The summed E-state index contributed by atoms with van der Waals surface area (Å²) in [5.74, 6) is 0. The van der Waals surface area contributed by atoms with E-state index < -0.39 is 5.54 Å². The summed E-state index contributed by atoms with van der Waals surface area (Å²) in [6.45, 7) is 6.17. The molecule has 3 N–H and O–H groups in total. The lowest BCUT2D eigenvalue weighted by molar-refractivity contribution is 0.187. The van der Waals surface area contributed by atoms with Gasteiger partial charge in [0, 0.05) is 5.69 Å². The summed E-state index contributed by atoms with van der Waals surface area (Å²) >= 11 is 3.44. The fraction of sp³-hybridized carbons (Fsp3) is 0.667. The van der Waals surface area contributed by atoms with Gasteiger partial charge in [0.05, 0.1) is 28.9 Å². The van der Waals surface area contributed by atoms with Gasteiger partial charge >= 0.3 is 0 Å². The molecular weight excluding hydrogens is 246 g/mol. The molecule has 0 aliphatic rings. The van der Waals surface area contributed by atoms with E-state index in [1.54, 1.807) is 6.92 Å². The molecule has 1 aromatic heterocycles. The zero-order chi connectivity index (χ0) is 10.9. The first-order chi connectivity index (χ1) is 6.37. The molecule has 0 amide bonds. The summed E-state index contributed by atoms with van der Waals surface area (Å²) in [6.07, 6.45) is 0. The minimum Gasteiger partial charge on any atom is -0.394 e. The summed E-state index contributed by atoms with van der Waals surface area (Å²) in [6, 6.07) is 0. The first-order valence-corrected chi connectivity index (χ1v) is 5.26. The van der Waals surface area contributed by atoms with Crippen molar-refractivity contribution >= 4 is 15.9 Å². The van der Waals surface area contributed by atoms with Crippen molar-refractivity contribution < 1.29 is 5.11 Å². The maximum Gasteiger partial charge on any atom is 0.0738 e. The van der Waals surface area contributed by atoms with Crippen LogP contribution in [0.2, 0.25) is 0 Å². The molecule has 80 valence electrons. The normalized spacial score (nSPS) is 15.6. The van der Waals surface area contributed by atoms with Gasteiger partial charge in [-0.3, -0.25) is 4.68 Å². The van der Waals surface area contributed by atoms with Crippen LogP contribution in [-0.4, -0.2) is 27.0 Å². The fourth-order valence-corrected chi connectivity index (χ4v) is 1.51. The molecule has 0 saturated heterocycles. The highest BCUT2D eigenvalue weighted by atomic mass is 79.9. The lowest BCUT2D eigenvalue weighted by atomic mass is 10.1. The number of nitrogens with two attached hydrogens (primary N) is 1. The Morgan fingerprint density at radius 1 is 1.57 bits per heavy atom. The van der Waals surface area contributed by atoms with Crippen molar-refractivity contribution in [3.63, 3.8) is 0 Å². The Balaban J connectivity index is 2.93. The number of aryl methyl sites for hydroxylation is 1. The number of hydrogen-bond acceptors (Lipinski definition) is 3. The predicted molar refractivity (Wildman–Crippen MR) is 59.1 cm³/mol. The number of aliphatic hydroxyl groups excluding tert-OH is 1. The van der Waals surface area contributed by atoms with Crippen molar-refractivity contribution in [2.75, 3.05) is 6.61 Å². The molecule has 0 aliphatic carbocycles. The van der Waals surface area contributed by atoms with Gasteiger partial charge < -0.3 is 10.8 Å². The highest BCUT2D eigenvalue weighted by molar-refractivity contribution is 9.10. The van der Waals surface area contributed by atoms with Crippen molar-refractivity contribution in [1.29, 1.82) is 0 Å². The number of aliphatic hydroxyl groups is 1. The molecule has 0 aliphatic heterocycles. The summed E-state index contributed by atoms with van der Waals surface area (Å²) in [5.41, 5.74) is 7.20. The third-order valence-corrected chi connectivity index (χ3v) is 3.31. The van der Waals surface area contributed by atoms with Gasteiger partial charge in [-0.25, -0.2) is 0 Å². The van der Waals surface area contributed by atoms with E-state index in [0.717, 1.165) is 15.9 Å². The lowest BCUT2D eigenvalue weighted by Gasteiger charge is -2.22. The second kappa shape index (κ2) is 4.00. The summed E-state index contributed by atoms with van der Waals surface area (Å²) < 4.78 is 2.82. The largest absolute Gasteiger partial charge is 0.394 e. The number of hydrogen-bond donors (Lipinski definition) is 2. The van der Waals surface area contributed by atoms with E-state index in [-0.39, 0.29) is 6.61 Å². The van der Waals surface area contributed by atoms with Crippen LogP contribution >= 0.6 is 15.9 Å². The molecular formula is C9H16BrN3O. The van der Waals surface area contributed by atoms with Crippen LogP contribution in [0.3, 0.4) is 0 Å². The SMILES string of the molecule is Cc1nn(CC(C)(N)CO)c(C)c1Br. The second-order valence-corrected chi connectivity index (χ2v) is 4.75. The maximum atomic E-state index is 9.04. The summed E-state index contributed by atoms with van der Waals surface area (Å²) in [4.78, 5) is 0. The van der Waals surface area contributed by atoms with E-state index in [9.17, 15) is 0 Å². The van der Waals surface area contributed by atoms with Gasteiger partial charge in [0.1, 0.15) is 0 Å². The summed E-state index contributed by atoms with van der Waals surface area (Å²) in [7, 11) is 0. The van der Waals surface area contributed by atoms with E-state index in [1.165, 1.54) is 0 Å². The molecule has 1 atom stereocenters. The maximum absolute atomic E-state index is 9.04. The molecule has 1 heterocycles. The van der Waals surface area contributed by atoms with Gasteiger partial charge in [-0.15, -0.1) is 0 Å². The molecule has 14 heavy (non-hydrogen) atoms. The summed E-state index contributed by atoms with van der Waals surface area (Å²) in [5, 5.41) is 13.4. The van der Waals surface area contributed by atoms with Gasteiger partial charge in [-0.2, -0.15) is 5.10 Å². The Kier molecular flexibility index (Phi) is 3.34. The van der Waals surface area contributed by atoms with Crippen LogP contribution in [0.5, 0.6) is 0 Å². The van der Waals surface area contributed by atoms with E-state index in [2.05, 4.69) is 21.0 Å². The molecule has 0 aromatic carbocycles. The Bertz CT molecular complexity index is 333. The molecule has 0 bridgehead atoms. The molecule has 5 heteroatoms. The Morgan fingerprint density at radius 2 is 2.14 bits per heavy atom. The third kappa shape index (κ3) is 2.34. The number of aromatic nitrogens is 2. The zero-order valence-corrected chi connectivity index (χ0v) is 10.3. The van der Waals surface area contributed by atoms with Crippen molar-refractivity contribution in [3.8, 4) is 0 Å². The zero-order valence-electron chi connectivity index (χ0n) is 8.71. The fourth-order valence-electron chi connectivity index (χ4n) is 1.22. The molecule has 4 nitrogen and oxygen atoms in total. The molecule has 0 spiro atoms. The van der Waals surface area contributed by atoms with Gasteiger partial charge in [0.2, 0.25) is 0 Å². The first kappa shape index (κ1) is 11.7. The molecule has 1 aromatic rings. The average molecular weight is 262 g/mol. The van der Waals surface area contributed by atoms with Crippen molar-refractivity contribution in [3.05, 3.63) is 15.9 Å². The predicted octanol–water partition coefficient (Wildman–Crippen LogP) is 0.972. The van der Waals surface area contributed by atoms with Crippen LogP contribution in [0, 0.1) is 13.8 Å². The molecule has 0 saturated carbocycles. The van der Waals surface area contributed by atoms with Crippen molar-refractivity contribution in [1.82, 2.24) is 9.78 Å². The first-order valence-electron chi connectivity index (χ1n) is 4.46. The third-order valence-electron chi connectivity index (χ3n) is 2.17. The van der Waals surface area contributed by atoms with Crippen LogP contribution < -0.4 is 5.73 Å². The van der Waals surface area contributed by atoms with Gasteiger partial charge in [-0.1, -0.05) is 0 Å². The van der Waals surface area contributed by atoms with E-state index in [1.807, 2.05) is 18.5 Å². The second-order valence-electron chi connectivity index (χ2n) is 3.95. The lowest BCUT2D eigenvalue weighted by Crippen LogP contribution is -2.44. The number of rotatable bonds is 3. The van der Waals surface area contributed by atoms with Crippen molar-refractivity contribution in [2.45, 2.75) is 32.9 Å². The van der Waals surface area contributed by atoms with Gasteiger partial charge in [-0.05, 0) is 36.7 Å². The molecule has 1 rings (SSSR count). The van der Waals surface area contributed by atoms with E-state index in [0.29, 0.717) is 6.54 Å². The topological polar surface area (TPSA) is 64.1 Å². The average Bonchev–Trinajstić information content (AvgIpc) is 2.33. The van der Waals surface area contributed by atoms with Crippen LogP contribution in [0.15, 0.2) is 4.47 Å². The van der Waals surface area contributed by atoms with Crippen LogP contribution in [-0.2, 0) is 6.54 Å². The molecule has 1 unspecified atom stereocenters. The Hall–Kier alpha value is -0.390. The molecule has 0 fully saturated rings. The highest BCUT2D eigenvalue weighted by Gasteiger charge is 2.20. The Morgan fingerprint density at radius 3 is 2.50 bits per heavy atom. The van der Waals surface area contributed by atoms with Gasteiger partial charge in [0.15, 0.2) is 0 Å². The Labute approximate surface area is 92.2 Å². The molecule has 0 radical (unpaired) electrons. The monoisotopic (exact) mass is 261 g/mol. The quantitative estimate of drug-likeness (QED) is 0.853. The van der Waals surface area contributed by atoms with E-state index >= 15 is 0 Å². The van der Waals surface area contributed by atoms with Crippen molar-refractivity contribution in [2.24, 2.45) is 5.73 Å². The minimum absolute atomic E-state index is 0.0526. The van der Waals surface area contributed by atoms with Crippen LogP contribution in [0.4, 0.5) is 0 Å². The number of nitrogens with zero attached hydrogens (tertiary/aromatic N) is 2.